The van der Waals surface area contributed by atoms with Gasteiger partial charge in [-0.3, -0.25) is 9.98 Å². The van der Waals surface area contributed by atoms with Gasteiger partial charge in [0.1, 0.15) is 0 Å². The summed E-state index contributed by atoms with van der Waals surface area (Å²) < 4.78 is 0. The van der Waals surface area contributed by atoms with Gasteiger partial charge < -0.3 is 5.73 Å². The Kier molecular flexibility index (Phi) is 8.20. The van der Waals surface area contributed by atoms with E-state index in [0.717, 1.165) is 24.1 Å². The molecule has 0 aliphatic carbocycles. The quantitative estimate of drug-likeness (QED) is 0.625. The van der Waals surface area contributed by atoms with Crippen molar-refractivity contribution < 1.29 is 0 Å². The molecule has 3 heteroatoms. The fraction of sp³-hybridized carbons (Fsp3) is 0.333. The highest BCUT2D eigenvalue weighted by atomic mass is 14.8. The van der Waals surface area contributed by atoms with E-state index in [-0.39, 0.29) is 0 Å². The van der Waals surface area contributed by atoms with Crippen molar-refractivity contribution in [1.29, 1.82) is 0 Å². The zero-order valence-corrected chi connectivity index (χ0v) is 11.6. The Morgan fingerprint density at radius 2 is 2.06 bits per heavy atom. The van der Waals surface area contributed by atoms with Crippen molar-refractivity contribution in [3.8, 4) is 0 Å². The van der Waals surface area contributed by atoms with Crippen LogP contribution in [0.3, 0.4) is 0 Å². The summed E-state index contributed by atoms with van der Waals surface area (Å²) in [6.07, 6.45) is 3.43. The molecule has 1 aromatic rings. The normalized spacial score (nSPS) is 10.3. The molecule has 0 amide bonds. The van der Waals surface area contributed by atoms with Crippen LogP contribution in [0.25, 0.3) is 6.08 Å². The van der Waals surface area contributed by atoms with Crippen molar-refractivity contribution in [1.82, 2.24) is 0 Å². The van der Waals surface area contributed by atoms with Crippen LogP contribution >= 0.6 is 0 Å². The lowest BCUT2D eigenvalue weighted by atomic mass is 10.0. The molecule has 3 nitrogen and oxygen atoms in total. The minimum atomic E-state index is 0.672. The molecule has 98 valence electrons. The predicted molar refractivity (Wildman–Crippen MR) is 83.0 cm³/mol. The van der Waals surface area contributed by atoms with Crippen LogP contribution in [-0.4, -0.2) is 19.6 Å². The highest BCUT2D eigenvalue weighted by Crippen LogP contribution is 2.21. The molecule has 0 bridgehead atoms. The van der Waals surface area contributed by atoms with Crippen molar-refractivity contribution in [3.05, 3.63) is 35.9 Å². The second-order valence-corrected chi connectivity index (χ2v) is 3.47. The van der Waals surface area contributed by atoms with E-state index < -0.39 is 0 Å². The van der Waals surface area contributed by atoms with E-state index in [1.807, 2.05) is 26.0 Å². The Morgan fingerprint density at radius 3 is 2.56 bits per heavy atom. The maximum absolute atomic E-state index is 5.65. The number of amidine groups is 1. The maximum Gasteiger partial charge on any atom is 0.0936 e. The highest BCUT2D eigenvalue weighted by Gasteiger charge is 2.00. The third-order valence-electron chi connectivity index (χ3n) is 2.44. The Labute approximate surface area is 110 Å². The summed E-state index contributed by atoms with van der Waals surface area (Å²) in [5, 5.41) is 0. The number of nitrogens with two attached hydrogens (primary N) is 1. The summed E-state index contributed by atoms with van der Waals surface area (Å²) in [7, 11) is 1.70. The maximum atomic E-state index is 5.65. The number of hydrogen-bond donors (Lipinski definition) is 1. The minimum absolute atomic E-state index is 0.672. The van der Waals surface area contributed by atoms with Gasteiger partial charge in [0.2, 0.25) is 0 Å². The lowest BCUT2D eigenvalue weighted by Gasteiger charge is -2.05. The molecule has 2 N–H and O–H groups in total. The molecule has 0 saturated carbocycles. The summed E-state index contributed by atoms with van der Waals surface area (Å²) in [5.74, 6) is 0.672. The summed E-state index contributed by atoms with van der Waals surface area (Å²) in [6.45, 7) is 11.3. The first-order chi connectivity index (χ1) is 8.71. The third-order valence-corrected chi connectivity index (χ3v) is 2.44. The molecule has 0 aromatic heterocycles. The predicted octanol–water partition coefficient (Wildman–Crippen LogP) is 3.61. The fourth-order valence-electron chi connectivity index (χ4n) is 1.45. The van der Waals surface area contributed by atoms with E-state index in [2.05, 4.69) is 29.3 Å². The monoisotopic (exact) mass is 245 g/mol. The van der Waals surface area contributed by atoms with Gasteiger partial charge in [0.15, 0.2) is 0 Å². The van der Waals surface area contributed by atoms with Gasteiger partial charge in [-0.1, -0.05) is 32.6 Å². The van der Waals surface area contributed by atoms with Gasteiger partial charge in [-0.05, 0) is 36.4 Å². The number of hydrogen-bond acceptors (Lipinski definition) is 2. The van der Waals surface area contributed by atoms with Gasteiger partial charge in [-0.15, -0.1) is 0 Å². The molecule has 0 atom stereocenters. The van der Waals surface area contributed by atoms with Crippen molar-refractivity contribution >= 4 is 24.3 Å². The van der Waals surface area contributed by atoms with Crippen LogP contribution < -0.4 is 5.73 Å². The Hall–Kier alpha value is -1.90. The number of rotatable bonds is 5. The van der Waals surface area contributed by atoms with Crippen LogP contribution in [0, 0.1) is 0 Å². The second kappa shape index (κ2) is 9.16. The van der Waals surface area contributed by atoms with Gasteiger partial charge >= 0.3 is 0 Å². The van der Waals surface area contributed by atoms with Gasteiger partial charge in [-0.25, -0.2) is 0 Å². The largest absolute Gasteiger partial charge is 0.387 e. The first-order valence-electron chi connectivity index (χ1n) is 6.14. The fourth-order valence-corrected chi connectivity index (χ4v) is 1.45. The standard InChI is InChI=1S/C13H17N3.C2H6/c1-4-11-9-10(5-7-12(11)15-2)6-8-13(14)16-3;1-2/h4-5,7,9H,1-2,6,8H2,3H3,(H2,14,16);1-2H3. The van der Waals surface area contributed by atoms with Crippen LogP contribution in [0.4, 0.5) is 5.69 Å². The minimum Gasteiger partial charge on any atom is -0.387 e. The molecule has 18 heavy (non-hydrogen) atoms. The van der Waals surface area contributed by atoms with Crippen molar-refractivity contribution in [3.63, 3.8) is 0 Å². The lowest BCUT2D eigenvalue weighted by Crippen LogP contribution is -2.12. The Morgan fingerprint density at radius 1 is 1.39 bits per heavy atom. The van der Waals surface area contributed by atoms with Crippen LogP contribution in [0.2, 0.25) is 0 Å². The molecule has 0 fully saturated rings. The average molecular weight is 245 g/mol. The van der Waals surface area contributed by atoms with E-state index >= 15 is 0 Å². The molecule has 0 aliphatic rings. The molecule has 0 aliphatic heterocycles. The van der Waals surface area contributed by atoms with Gasteiger partial charge in [0.05, 0.1) is 11.5 Å². The van der Waals surface area contributed by atoms with Gasteiger partial charge in [0.25, 0.3) is 0 Å². The van der Waals surface area contributed by atoms with E-state index in [1.165, 1.54) is 5.56 Å². The number of aliphatic imine (C=N–C) groups is 2. The Balaban J connectivity index is 0.00000137. The molecule has 0 unspecified atom stereocenters. The number of nitrogens with zero attached hydrogens (tertiary/aromatic N) is 2. The summed E-state index contributed by atoms with van der Waals surface area (Å²) in [5.41, 5.74) is 8.71. The van der Waals surface area contributed by atoms with E-state index in [4.69, 9.17) is 5.73 Å². The average Bonchev–Trinajstić information content (AvgIpc) is 2.46. The smallest absolute Gasteiger partial charge is 0.0936 e. The molecule has 0 saturated heterocycles. The van der Waals surface area contributed by atoms with Crippen LogP contribution in [0.1, 0.15) is 31.4 Å². The summed E-state index contributed by atoms with van der Waals surface area (Å²) in [6, 6.07) is 6.03. The van der Waals surface area contributed by atoms with Gasteiger partial charge in [-0.2, -0.15) is 0 Å². The van der Waals surface area contributed by atoms with E-state index in [9.17, 15) is 0 Å². The molecule has 1 rings (SSSR count). The first-order valence-corrected chi connectivity index (χ1v) is 6.14. The topological polar surface area (TPSA) is 50.7 Å². The molecule has 0 radical (unpaired) electrons. The molecular weight excluding hydrogens is 222 g/mol. The number of aryl methyl sites for hydroxylation is 1. The van der Waals surface area contributed by atoms with E-state index in [1.54, 1.807) is 13.1 Å². The zero-order chi connectivity index (χ0) is 14.0. The molecule has 0 heterocycles. The van der Waals surface area contributed by atoms with Crippen molar-refractivity contribution in [2.45, 2.75) is 26.7 Å². The molecule has 1 aromatic carbocycles. The van der Waals surface area contributed by atoms with Crippen LogP contribution in [-0.2, 0) is 6.42 Å². The zero-order valence-electron chi connectivity index (χ0n) is 11.6. The van der Waals surface area contributed by atoms with Crippen LogP contribution in [0.5, 0.6) is 0 Å². The SMILES string of the molecule is C=Cc1cc(CCC(N)=NC)ccc1N=C.CC. The van der Waals surface area contributed by atoms with Gasteiger partial charge in [0, 0.05) is 13.5 Å². The highest BCUT2D eigenvalue weighted by molar-refractivity contribution is 5.80. The van der Waals surface area contributed by atoms with Crippen LogP contribution in [0.15, 0.2) is 34.8 Å². The van der Waals surface area contributed by atoms with Crippen molar-refractivity contribution in [2.75, 3.05) is 7.05 Å². The van der Waals surface area contributed by atoms with E-state index in [0.29, 0.717) is 5.84 Å². The van der Waals surface area contributed by atoms with Crippen molar-refractivity contribution in [2.24, 2.45) is 15.7 Å². The number of benzene rings is 1. The summed E-state index contributed by atoms with van der Waals surface area (Å²) in [4.78, 5) is 7.85. The Bertz CT molecular complexity index is 420. The molecular formula is C15H23N3. The third kappa shape index (κ3) is 4.95. The first kappa shape index (κ1) is 16.1. The second-order valence-electron chi connectivity index (χ2n) is 3.47. The lowest BCUT2D eigenvalue weighted by molar-refractivity contribution is 1.02. The summed E-state index contributed by atoms with van der Waals surface area (Å²) >= 11 is 0. The molecule has 0 spiro atoms.